The molecule has 128 valence electrons. The maximum Gasteiger partial charge on any atom is 0.244 e. The number of nitriles is 1. The second-order valence-corrected chi connectivity index (χ2v) is 6.64. The average Bonchev–Trinajstić information content (AvgIpc) is 3.07. The number of nitrogens with zero attached hydrogens (tertiary/aromatic N) is 2. The Hall–Kier alpha value is -3.11. The van der Waals surface area contributed by atoms with E-state index in [9.17, 15) is 9.65 Å². The van der Waals surface area contributed by atoms with Gasteiger partial charge < -0.3 is 10.5 Å². The van der Waals surface area contributed by atoms with Crippen molar-refractivity contribution in [1.29, 1.82) is 5.26 Å². The summed E-state index contributed by atoms with van der Waals surface area (Å²) in [6.07, 6.45) is 0. The van der Waals surface area contributed by atoms with Gasteiger partial charge >= 0.3 is 0 Å². The molecule has 4 rings (SSSR count). The minimum atomic E-state index is -0.583. The molecule has 3 aromatic rings. The van der Waals surface area contributed by atoms with Crippen LogP contribution in [0.4, 0.5) is 4.39 Å². The van der Waals surface area contributed by atoms with Crippen molar-refractivity contribution in [3.63, 3.8) is 0 Å². The molecule has 2 heterocycles. The molecule has 0 amide bonds. The quantitative estimate of drug-likeness (QED) is 0.662. The van der Waals surface area contributed by atoms with Crippen LogP contribution in [0.5, 0.6) is 5.88 Å². The molecule has 0 spiro atoms. The van der Waals surface area contributed by atoms with Gasteiger partial charge in [0.1, 0.15) is 17.5 Å². The number of nitrogens with two attached hydrogens (primary N) is 1. The zero-order chi connectivity index (χ0) is 18.3. The highest BCUT2D eigenvalue weighted by Gasteiger charge is 2.35. The fourth-order valence-electron chi connectivity index (χ4n) is 3.10. The maximum absolute atomic E-state index is 14.2. The second kappa shape index (κ2) is 6.32. The van der Waals surface area contributed by atoms with Crippen LogP contribution in [0.1, 0.15) is 17.0 Å². The summed E-state index contributed by atoms with van der Waals surface area (Å²) in [5, 5.41) is 16.8. The Balaban J connectivity index is 1.97. The summed E-state index contributed by atoms with van der Waals surface area (Å²) >= 11 is 3.15. The molecule has 0 saturated heterocycles. The van der Waals surface area contributed by atoms with Crippen molar-refractivity contribution in [2.75, 3.05) is 0 Å². The number of allylic oxidation sites excluding steroid dienone is 1. The van der Waals surface area contributed by atoms with Crippen molar-refractivity contribution in [2.24, 2.45) is 5.73 Å². The second-order valence-electron chi connectivity index (χ2n) is 5.78. The van der Waals surface area contributed by atoms with Crippen molar-refractivity contribution in [1.82, 2.24) is 10.2 Å². The molecule has 1 aliphatic heterocycles. The van der Waals surface area contributed by atoms with Crippen LogP contribution in [0.15, 0.2) is 64.5 Å². The molecule has 0 unspecified atom stereocenters. The van der Waals surface area contributed by atoms with Crippen LogP contribution in [0, 0.1) is 17.1 Å². The molecule has 1 aliphatic rings. The van der Waals surface area contributed by atoms with Gasteiger partial charge in [-0.05, 0) is 39.2 Å². The third kappa shape index (κ3) is 2.55. The molecule has 26 heavy (non-hydrogen) atoms. The number of aromatic nitrogens is 2. The van der Waals surface area contributed by atoms with E-state index >= 15 is 0 Å². The lowest BCUT2D eigenvalue weighted by atomic mass is 9.83. The Kier molecular flexibility index (Phi) is 3.98. The first kappa shape index (κ1) is 16.4. The molecular formula is C19H12BrFN4O. The van der Waals surface area contributed by atoms with Crippen molar-refractivity contribution < 1.29 is 9.13 Å². The lowest BCUT2D eigenvalue weighted by Crippen LogP contribution is -2.21. The average molecular weight is 411 g/mol. The van der Waals surface area contributed by atoms with Crippen molar-refractivity contribution in [2.45, 2.75) is 5.92 Å². The molecule has 0 aliphatic carbocycles. The van der Waals surface area contributed by atoms with Gasteiger partial charge in [-0.3, -0.25) is 5.10 Å². The number of hydrogen-bond acceptors (Lipinski definition) is 4. The van der Waals surface area contributed by atoms with Gasteiger partial charge in [0.2, 0.25) is 11.8 Å². The minimum Gasteiger partial charge on any atom is -0.420 e. The molecule has 3 N–H and O–H groups in total. The number of H-pyrrole nitrogens is 1. The molecule has 5 nitrogen and oxygen atoms in total. The van der Waals surface area contributed by atoms with E-state index in [4.69, 9.17) is 10.5 Å². The van der Waals surface area contributed by atoms with E-state index in [0.717, 1.165) is 5.56 Å². The lowest BCUT2D eigenvalue weighted by molar-refractivity contribution is 0.379. The highest BCUT2D eigenvalue weighted by atomic mass is 79.9. The molecule has 1 aromatic heterocycles. The van der Waals surface area contributed by atoms with Crippen LogP contribution >= 0.6 is 15.9 Å². The highest BCUT2D eigenvalue weighted by molar-refractivity contribution is 9.10. The predicted octanol–water partition coefficient (Wildman–Crippen LogP) is 4.20. The van der Waals surface area contributed by atoms with Gasteiger partial charge in [-0.15, -0.1) is 5.10 Å². The van der Waals surface area contributed by atoms with Crippen molar-refractivity contribution in [3.8, 4) is 23.2 Å². The molecule has 0 saturated carbocycles. The summed E-state index contributed by atoms with van der Waals surface area (Å²) in [5.74, 6) is -0.746. The molecule has 2 aromatic carbocycles. The van der Waals surface area contributed by atoms with E-state index in [2.05, 4.69) is 32.2 Å². The number of aromatic amines is 1. The van der Waals surface area contributed by atoms with Crippen molar-refractivity contribution in [3.05, 3.63) is 81.4 Å². The summed E-state index contributed by atoms with van der Waals surface area (Å²) in [6.45, 7) is 0. The van der Waals surface area contributed by atoms with Crippen LogP contribution in [0.3, 0.4) is 0 Å². The highest BCUT2D eigenvalue weighted by Crippen LogP contribution is 2.45. The summed E-state index contributed by atoms with van der Waals surface area (Å²) < 4.78 is 20.0. The summed E-state index contributed by atoms with van der Waals surface area (Å²) in [6, 6.07) is 16.4. The number of rotatable bonds is 2. The van der Waals surface area contributed by atoms with Crippen molar-refractivity contribution >= 4 is 15.9 Å². The number of fused-ring (bicyclic) bond motifs is 1. The minimum absolute atomic E-state index is 0.0283. The lowest BCUT2D eigenvalue weighted by Gasteiger charge is -2.24. The molecule has 0 bridgehead atoms. The Bertz CT molecular complexity index is 1070. The predicted molar refractivity (Wildman–Crippen MR) is 97.4 cm³/mol. The third-order valence-corrected chi connectivity index (χ3v) is 4.92. The van der Waals surface area contributed by atoms with Gasteiger partial charge in [-0.2, -0.15) is 5.26 Å². The zero-order valence-electron chi connectivity index (χ0n) is 13.3. The van der Waals surface area contributed by atoms with Gasteiger partial charge in [-0.1, -0.05) is 36.4 Å². The molecular weight excluding hydrogens is 399 g/mol. The number of halogens is 2. The molecule has 1 atom stereocenters. The van der Waals surface area contributed by atoms with Gasteiger partial charge in [0.15, 0.2) is 0 Å². The van der Waals surface area contributed by atoms with Gasteiger partial charge in [0.05, 0.1) is 21.6 Å². The summed E-state index contributed by atoms with van der Waals surface area (Å²) in [7, 11) is 0. The Labute approximate surface area is 157 Å². The largest absolute Gasteiger partial charge is 0.420 e. The smallest absolute Gasteiger partial charge is 0.244 e. The monoisotopic (exact) mass is 410 g/mol. The van der Waals surface area contributed by atoms with E-state index in [0.29, 0.717) is 21.3 Å². The topological polar surface area (TPSA) is 87.7 Å². The summed E-state index contributed by atoms with van der Waals surface area (Å²) in [4.78, 5) is 0. The van der Waals surface area contributed by atoms with E-state index in [1.165, 1.54) is 6.07 Å². The first-order valence-electron chi connectivity index (χ1n) is 7.76. The van der Waals surface area contributed by atoms with Crippen LogP contribution in [-0.4, -0.2) is 10.2 Å². The van der Waals surface area contributed by atoms with Gasteiger partial charge in [0, 0.05) is 0 Å². The number of nitrogens with one attached hydrogen (secondary N) is 1. The number of ether oxygens (including phenoxy) is 1. The van der Waals surface area contributed by atoms with E-state index < -0.39 is 11.7 Å². The maximum atomic E-state index is 14.2. The van der Waals surface area contributed by atoms with E-state index in [1.54, 1.807) is 12.1 Å². The fraction of sp³-hybridized carbons (Fsp3) is 0.0526. The number of benzene rings is 2. The normalized spacial score (nSPS) is 16.0. The summed E-state index contributed by atoms with van der Waals surface area (Å²) in [5.41, 5.74) is 8.98. The standard InChI is InChI=1S/C19H12BrFN4O/c20-13-7-6-11(8-14(13)21)15-12(9-22)18(23)26-19-16(15)17(24-25-19)10-4-2-1-3-5-10/h1-8,15H,23H2,(H,24,25)/t15-/m0/s1. The first-order valence-corrected chi connectivity index (χ1v) is 8.55. The number of hydrogen-bond donors (Lipinski definition) is 2. The van der Waals surface area contributed by atoms with Gasteiger partial charge in [-0.25, -0.2) is 4.39 Å². The first-order chi connectivity index (χ1) is 12.6. The third-order valence-electron chi connectivity index (χ3n) is 4.28. The van der Waals surface area contributed by atoms with E-state index in [1.807, 2.05) is 30.3 Å². The SMILES string of the molecule is N#CC1=C(N)Oc2n[nH]c(-c3ccccc3)c2[C@H]1c1ccc(Br)c(F)c1. The van der Waals surface area contributed by atoms with E-state index in [-0.39, 0.29) is 17.3 Å². The molecule has 0 fully saturated rings. The molecule has 0 radical (unpaired) electrons. The molecule has 7 heteroatoms. The zero-order valence-corrected chi connectivity index (χ0v) is 14.9. The Morgan fingerprint density at radius 2 is 2.00 bits per heavy atom. The van der Waals surface area contributed by atoms with Crippen LogP contribution in [0.2, 0.25) is 0 Å². The van der Waals surface area contributed by atoms with Crippen LogP contribution < -0.4 is 10.5 Å². The van der Waals surface area contributed by atoms with Gasteiger partial charge in [0.25, 0.3) is 0 Å². The Morgan fingerprint density at radius 1 is 1.23 bits per heavy atom. The van der Waals surface area contributed by atoms with Crippen LogP contribution in [0.25, 0.3) is 11.3 Å². The fourth-order valence-corrected chi connectivity index (χ4v) is 3.34. The van der Waals surface area contributed by atoms with Crippen LogP contribution in [-0.2, 0) is 0 Å². The Morgan fingerprint density at radius 3 is 2.69 bits per heavy atom.